The molecule has 5 rings (SSSR count). The van der Waals surface area contributed by atoms with E-state index in [-0.39, 0.29) is 0 Å². The molecular formula is C29H33N3O5S. The summed E-state index contributed by atoms with van der Waals surface area (Å²) in [5.41, 5.74) is 4.34. The molecule has 3 heterocycles. The molecule has 2 aromatic heterocycles. The predicted molar refractivity (Wildman–Crippen MR) is 147 cm³/mol. The number of aromatic nitrogens is 1. The first kappa shape index (κ1) is 26.3. The molecule has 8 nitrogen and oxygen atoms in total. The number of rotatable bonds is 6. The van der Waals surface area contributed by atoms with Crippen molar-refractivity contribution in [3.63, 3.8) is 0 Å². The number of para-hydroxylation sites is 1. The van der Waals surface area contributed by atoms with Crippen LogP contribution in [0.15, 0.2) is 24.3 Å². The molecule has 1 amide bonds. The number of hydrogen-bond donors (Lipinski definition) is 1. The van der Waals surface area contributed by atoms with Gasteiger partial charge in [0.15, 0.2) is 6.10 Å². The Morgan fingerprint density at radius 1 is 1.16 bits per heavy atom. The number of nitrogens with one attached hydrogen (secondary N) is 1. The van der Waals surface area contributed by atoms with Crippen molar-refractivity contribution in [2.45, 2.75) is 58.6 Å². The van der Waals surface area contributed by atoms with Gasteiger partial charge >= 0.3 is 11.9 Å². The Kier molecular flexibility index (Phi) is 7.49. The second-order valence-electron chi connectivity index (χ2n) is 10.3. The summed E-state index contributed by atoms with van der Waals surface area (Å²) in [7, 11) is 3.35. The van der Waals surface area contributed by atoms with Crippen LogP contribution in [0.1, 0.15) is 69.1 Å². The number of carbonyl (C=O) groups excluding carboxylic acids is 3. The van der Waals surface area contributed by atoms with Gasteiger partial charge in [-0.2, -0.15) is 0 Å². The van der Waals surface area contributed by atoms with E-state index in [2.05, 4.69) is 17.1 Å². The van der Waals surface area contributed by atoms with Crippen LogP contribution in [0.25, 0.3) is 10.9 Å². The number of anilines is 1. The number of methoxy groups -OCH3 is 1. The summed E-state index contributed by atoms with van der Waals surface area (Å²) in [6.07, 6.45) is 2.63. The summed E-state index contributed by atoms with van der Waals surface area (Å²) in [5, 5.41) is 4.07. The molecule has 0 saturated heterocycles. The van der Waals surface area contributed by atoms with Crippen molar-refractivity contribution in [3.8, 4) is 0 Å². The Morgan fingerprint density at radius 3 is 2.71 bits per heavy atom. The fraction of sp³-hybridized carbons (Fsp3) is 0.448. The number of carbonyl (C=O) groups is 3. The predicted octanol–water partition coefficient (Wildman–Crippen LogP) is 4.77. The minimum absolute atomic E-state index is 0.290. The lowest BCUT2D eigenvalue weighted by Crippen LogP contribution is -2.34. The van der Waals surface area contributed by atoms with E-state index >= 15 is 0 Å². The third-order valence-corrected chi connectivity index (χ3v) is 8.66. The highest BCUT2D eigenvalue weighted by atomic mass is 32.1. The van der Waals surface area contributed by atoms with Crippen molar-refractivity contribution in [2.24, 2.45) is 5.92 Å². The molecule has 1 aromatic carbocycles. The molecule has 0 radical (unpaired) electrons. The lowest BCUT2D eigenvalue weighted by Gasteiger charge is -2.27. The molecule has 9 heteroatoms. The van der Waals surface area contributed by atoms with Crippen LogP contribution >= 0.6 is 11.3 Å². The summed E-state index contributed by atoms with van der Waals surface area (Å²) >= 11 is 1.41. The Bertz CT molecular complexity index is 1410. The summed E-state index contributed by atoms with van der Waals surface area (Å²) in [6.45, 7) is 5.43. The minimum Gasteiger partial charge on any atom is -0.465 e. The molecular weight excluding hydrogens is 502 g/mol. The van der Waals surface area contributed by atoms with Gasteiger partial charge in [-0.3, -0.25) is 9.78 Å². The Morgan fingerprint density at radius 2 is 1.95 bits per heavy atom. The van der Waals surface area contributed by atoms with Gasteiger partial charge in [0.2, 0.25) is 0 Å². The quantitative estimate of drug-likeness (QED) is 0.454. The third-order valence-electron chi connectivity index (χ3n) is 7.49. The highest BCUT2D eigenvalue weighted by Crippen LogP contribution is 2.40. The summed E-state index contributed by atoms with van der Waals surface area (Å²) < 4.78 is 10.9. The largest absolute Gasteiger partial charge is 0.465 e. The maximum Gasteiger partial charge on any atom is 0.341 e. The number of ether oxygens (including phenoxy) is 2. The standard InChI is InChI=1S/C29H33N3O5S/c1-5-22(26(33)31-27-25(28(34)36-4)18-11-10-16(2)14-23(18)38-27)37-29(35)24-17-8-6-7-9-20(17)30-21-12-13-32(3)15-19(21)24/h6-9,16,22H,5,10-15H2,1-4H3,(H,31,33). The van der Waals surface area contributed by atoms with Gasteiger partial charge in [-0.25, -0.2) is 9.59 Å². The van der Waals surface area contributed by atoms with Crippen LogP contribution in [-0.2, 0) is 40.1 Å². The van der Waals surface area contributed by atoms with Crippen molar-refractivity contribution < 1.29 is 23.9 Å². The number of benzene rings is 1. The molecule has 0 spiro atoms. The van der Waals surface area contributed by atoms with Gasteiger partial charge in [0.05, 0.1) is 23.8 Å². The number of amides is 1. The van der Waals surface area contributed by atoms with Gasteiger partial charge in [0, 0.05) is 41.0 Å². The average molecular weight is 536 g/mol. The highest BCUT2D eigenvalue weighted by Gasteiger charge is 2.32. The van der Waals surface area contributed by atoms with E-state index in [1.165, 1.54) is 18.4 Å². The molecule has 1 N–H and O–H groups in total. The minimum atomic E-state index is -1.02. The first-order valence-corrected chi connectivity index (χ1v) is 14.0. The maximum atomic E-state index is 13.7. The molecule has 200 valence electrons. The van der Waals surface area contributed by atoms with Crippen molar-refractivity contribution in [2.75, 3.05) is 26.0 Å². The van der Waals surface area contributed by atoms with Crippen LogP contribution in [0.2, 0.25) is 0 Å². The average Bonchev–Trinajstić information content (AvgIpc) is 3.26. The zero-order chi connectivity index (χ0) is 27.0. The first-order chi connectivity index (χ1) is 18.3. The molecule has 0 saturated carbocycles. The number of fused-ring (bicyclic) bond motifs is 3. The zero-order valence-corrected chi connectivity index (χ0v) is 23.1. The number of hydrogen-bond acceptors (Lipinski definition) is 8. The van der Waals surface area contributed by atoms with E-state index in [0.29, 0.717) is 35.0 Å². The molecule has 3 aromatic rings. The molecule has 1 aliphatic heterocycles. The van der Waals surface area contributed by atoms with Crippen molar-refractivity contribution >= 4 is 45.1 Å². The monoisotopic (exact) mass is 535 g/mol. The molecule has 38 heavy (non-hydrogen) atoms. The first-order valence-electron chi connectivity index (χ1n) is 13.1. The molecule has 2 atom stereocenters. The number of pyridine rings is 1. The number of likely N-dealkylation sites (N-methyl/N-ethyl adjacent to an activating group) is 1. The Hall–Kier alpha value is -3.30. The van der Waals surface area contributed by atoms with Crippen LogP contribution in [0.5, 0.6) is 0 Å². The van der Waals surface area contributed by atoms with E-state index in [1.807, 2.05) is 31.3 Å². The number of esters is 2. The summed E-state index contributed by atoms with van der Waals surface area (Å²) in [5.74, 6) is -0.942. The molecule has 2 aliphatic rings. The Labute approximate surface area is 226 Å². The van der Waals surface area contributed by atoms with Crippen LogP contribution in [0.4, 0.5) is 5.00 Å². The Balaban J connectivity index is 1.43. The lowest BCUT2D eigenvalue weighted by molar-refractivity contribution is -0.124. The third kappa shape index (κ3) is 4.92. The van der Waals surface area contributed by atoms with Crippen molar-refractivity contribution in [1.82, 2.24) is 9.88 Å². The number of nitrogens with zero attached hydrogens (tertiary/aromatic N) is 2. The van der Waals surface area contributed by atoms with Gasteiger partial charge in [-0.05, 0) is 50.3 Å². The highest BCUT2D eigenvalue weighted by molar-refractivity contribution is 7.17. The maximum absolute atomic E-state index is 13.7. The van der Waals surface area contributed by atoms with Crippen LogP contribution in [-0.4, -0.2) is 54.5 Å². The van der Waals surface area contributed by atoms with Gasteiger partial charge in [0.1, 0.15) is 5.00 Å². The van der Waals surface area contributed by atoms with E-state index in [9.17, 15) is 14.4 Å². The summed E-state index contributed by atoms with van der Waals surface area (Å²) in [6, 6.07) is 7.53. The van der Waals surface area contributed by atoms with Crippen LogP contribution in [0, 0.1) is 5.92 Å². The van der Waals surface area contributed by atoms with Gasteiger partial charge < -0.3 is 19.7 Å². The van der Waals surface area contributed by atoms with Crippen LogP contribution in [0.3, 0.4) is 0 Å². The van der Waals surface area contributed by atoms with Crippen molar-refractivity contribution in [1.29, 1.82) is 0 Å². The second-order valence-corrected chi connectivity index (χ2v) is 11.4. The van der Waals surface area contributed by atoms with E-state index in [0.717, 1.165) is 64.8 Å². The molecule has 2 unspecified atom stereocenters. The van der Waals surface area contributed by atoms with E-state index in [1.54, 1.807) is 6.92 Å². The molecule has 0 fully saturated rings. The normalized spacial score (nSPS) is 17.8. The van der Waals surface area contributed by atoms with Gasteiger partial charge in [0.25, 0.3) is 5.91 Å². The molecule has 0 bridgehead atoms. The van der Waals surface area contributed by atoms with Crippen LogP contribution < -0.4 is 5.32 Å². The lowest BCUT2D eigenvalue weighted by atomic mass is 9.88. The summed E-state index contributed by atoms with van der Waals surface area (Å²) in [4.78, 5) is 47.8. The topological polar surface area (TPSA) is 97.8 Å². The smallest absolute Gasteiger partial charge is 0.341 e. The fourth-order valence-corrected chi connectivity index (χ4v) is 6.82. The van der Waals surface area contributed by atoms with Gasteiger partial charge in [-0.1, -0.05) is 32.0 Å². The SMILES string of the molecule is CCC(OC(=O)c1c2c(nc3ccccc13)CCN(C)C2)C(=O)Nc1sc2c(c1C(=O)OC)CCC(C)C2. The van der Waals surface area contributed by atoms with Gasteiger partial charge in [-0.15, -0.1) is 11.3 Å². The van der Waals surface area contributed by atoms with E-state index < -0.39 is 23.9 Å². The second kappa shape index (κ2) is 10.8. The van der Waals surface area contributed by atoms with Crippen molar-refractivity contribution in [3.05, 3.63) is 57.1 Å². The molecule has 1 aliphatic carbocycles. The zero-order valence-electron chi connectivity index (χ0n) is 22.3. The van der Waals surface area contributed by atoms with E-state index in [4.69, 9.17) is 14.5 Å². The number of thiophene rings is 1. The fourth-order valence-electron chi connectivity index (χ4n) is 5.42.